The van der Waals surface area contributed by atoms with Gasteiger partial charge in [-0.2, -0.15) is 0 Å². The summed E-state index contributed by atoms with van der Waals surface area (Å²) in [6.45, 7) is 3.23. The molecule has 0 saturated carbocycles. The zero-order valence-corrected chi connectivity index (χ0v) is 10.4. The minimum atomic E-state index is -0.844. The molecule has 0 unspecified atom stereocenters. The first-order valence-corrected chi connectivity index (χ1v) is 5.82. The van der Waals surface area contributed by atoms with E-state index in [9.17, 15) is 9.90 Å². The summed E-state index contributed by atoms with van der Waals surface area (Å²) in [5, 5.41) is 18.4. The standard InChI is InChI=1S/C12H16ClNO3/c1-2-5-14(8-12(16)17)7-9-3-4-11(15)10(13)6-9/h3-4,6,15H,2,5,7-8H2,1H3,(H,16,17). The smallest absolute Gasteiger partial charge is 0.317 e. The molecule has 94 valence electrons. The number of aromatic hydroxyl groups is 1. The third kappa shape index (κ3) is 4.63. The van der Waals surface area contributed by atoms with Crippen LogP contribution in [0.1, 0.15) is 18.9 Å². The Hall–Kier alpha value is -1.26. The fraction of sp³-hybridized carbons (Fsp3) is 0.417. The molecule has 1 rings (SSSR count). The number of halogens is 1. The summed E-state index contributed by atoms with van der Waals surface area (Å²) in [4.78, 5) is 12.5. The van der Waals surface area contributed by atoms with Crippen molar-refractivity contribution in [1.29, 1.82) is 0 Å². The molecule has 0 aliphatic heterocycles. The predicted molar refractivity (Wildman–Crippen MR) is 66.3 cm³/mol. The molecule has 1 aromatic rings. The van der Waals surface area contributed by atoms with Crippen molar-refractivity contribution >= 4 is 17.6 Å². The summed E-state index contributed by atoms with van der Waals surface area (Å²) in [5.41, 5.74) is 0.891. The van der Waals surface area contributed by atoms with Gasteiger partial charge < -0.3 is 10.2 Å². The van der Waals surface area contributed by atoms with Crippen molar-refractivity contribution in [3.8, 4) is 5.75 Å². The molecule has 5 heteroatoms. The number of hydrogen-bond acceptors (Lipinski definition) is 3. The topological polar surface area (TPSA) is 60.8 Å². The van der Waals surface area contributed by atoms with Crippen LogP contribution < -0.4 is 0 Å². The highest BCUT2D eigenvalue weighted by atomic mass is 35.5. The Bertz CT molecular complexity index is 395. The van der Waals surface area contributed by atoms with E-state index in [1.165, 1.54) is 6.07 Å². The number of phenolic OH excluding ortho intramolecular Hbond substituents is 1. The second kappa shape index (κ2) is 6.47. The fourth-order valence-electron chi connectivity index (χ4n) is 1.63. The van der Waals surface area contributed by atoms with Crippen molar-refractivity contribution in [2.45, 2.75) is 19.9 Å². The first-order valence-electron chi connectivity index (χ1n) is 5.44. The monoisotopic (exact) mass is 257 g/mol. The van der Waals surface area contributed by atoms with Crippen LogP contribution in [-0.4, -0.2) is 34.2 Å². The number of carboxylic acid groups (broad SMARTS) is 1. The third-order valence-corrected chi connectivity index (χ3v) is 2.62. The van der Waals surface area contributed by atoms with Gasteiger partial charge in [0.25, 0.3) is 0 Å². The molecule has 1 aromatic carbocycles. The first kappa shape index (κ1) is 13.8. The molecule has 0 heterocycles. The van der Waals surface area contributed by atoms with E-state index in [-0.39, 0.29) is 17.3 Å². The Morgan fingerprint density at radius 3 is 2.71 bits per heavy atom. The molecule has 0 atom stereocenters. The van der Waals surface area contributed by atoms with Crippen LogP contribution in [0.4, 0.5) is 0 Å². The lowest BCUT2D eigenvalue weighted by atomic mass is 10.2. The van der Waals surface area contributed by atoms with Crippen LogP contribution in [0.3, 0.4) is 0 Å². The van der Waals surface area contributed by atoms with Gasteiger partial charge in [-0.05, 0) is 30.7 Å². The average molecular weight is 258 g/mol. The molecule has 17 heavy (non-hydrogen) atoms. The first-order chi connectivity index (χ1) is 8.02. The van der Waals surface area contributed by atoms with Gasteiger partial charge in [0.05, 0.1) is 11.6 Å². The fourth-order valence-corrected chi connectivity index (χ4v) is 1.83. The summed E-state index contributed by atoms with van der Waals surface area (Å²) in [5.74, 6) is -0.806. The molecule has 0 aromatic heterocycles. The van der Waals surface area contributed by atoms with E-state index in [2.05, 4.69) is 0 Å². The van der Waals surface area contributed by atoms with Gasteiger partial charge in [-0.1, -0.05) is 24.6 Å². The summed E-state index contributed by atoms with van der Waals surface area (Å²) >= 11 is 5.80. The lowest BCUT2D eigenvalue weighted by Crippen LogP contribution is -2.30. The van der Waals surface area contributed by atoms with Gasteiger partial charge in [-0.25, -0.2) is 0 Å². The van der Waals surface area contributed by atoms with Gasteiger partial charge in [0, 0.05) is 6.54 Å². The Labute approximate surface area is 105 Å². The van der Waals surface area contributed by atoms with Crippen LogP contribution in [0.15, 0.2) is 18.2 Å². The predicted octanol–water partition coefficient (Wildman–Crippen LogP) is 2.34. The van der Waals surface area contributed by atoms with E-state index < -0.39 is 5.97 Å². The van der Waals surface area contributed by atoms with Crippen molar-refractivity contribution in [2.75, 3.05) is 13.1 Å². The van der Waals surface area contributed by atoms with E-state index in [1.807, 2.05) is 11.8 Å². The lowest BCUT2D eigenvalue weighted by Gasteiger charge is -2.19. The Kier molecular flexibility index (Phi) is 5.25. The quantitative estimate of drug-likeness (QED) is 0.821. The number of nitrogens with zero attached hydrogens (tertiary/aromatic N) is 1. The summed E-state index contributed by atoms with van der Waals surface area (Å²) in [6.07, 6.45) is 0.888. The number of carbonyl (C=O) groups is 1. The van der Waals surface area contributed by atoms with Gasteiger partial charge in [0.1, 0.15) is 5.75 Å². The van der Waals surface area contributed by atoms with E-state index >= 15 is 0 Å². The molecular formula is C12H16ClNO3. The van der Waals surface area contributed by atoms with Gasteiger partial charge in [-0.15, -0.1) is 0 Å². The zero-order valence-electron chi connectivity index (χ0n) is 9.69. The largest absolute Gasteiger partial charge is 0.506 e. The van der Waals surface area contributed by atoms with Crippen LogP contribution in [0.5, 0.6) is 5.75 Å². The highest BCUT2D eigenvalue weighted by Gasteiger charge is 2.10. The Balaban J connectivity index is 2.71. The Morgan fingerprint density at radius 1 is 1.47 bits per heavy atom. The maximum Gasteiger partial charge on any atom is 0.317 e. The number of benzene rings is 1. The summed E-state index contributed by atoms with van der Waals surface area (Å²) in [7, 11) is 0. The highest BCUT2D eigenvalue weighted by molar-refractivity contribution is 6.32. The van der Waals surface area contributed by atoms with E-state index in [1.54, 1.807) is 12.1 Å². The van der Waals surface area contributed by atoms with Gasteiger partial charge in [-0.3, -0.25) is 9.69 Å². The lowest BCUT2D eigenvalue weighted by molar-refractivity contribution is -0.138. The van der Waals surface area contributed by atoms with E-state index in [0.29, 0.717) is 13.1 Å². The molecule has 0 saturated heterocycles. The molecule has 0 spiro atoms. The van der Waals surface area contributed by atoms with Crippen molar-refractivity contribution in [3.63, 3.8) is 0 Å². The molecule has 0 aliphatic rings. The number of carboxylic acids is 1. The number of phenols is 1. The van der Waals surface area contributed by atoms with E-state index in [0.717, 1.165) is 12.0 Å². The molecule has 4 nitrogen and oxygen atoms in total. The van der Waals surface area contributed by atoms with Gasteiger partial charge >= 0.3 is 5.97 Å². The van der Waals surface area contributed by atoms with Gasteiger partial charge in [0.15, 0.2) is 0 Å². The van der Waals surface area contributed by atoms with Crippen molar-refractivity contribution in [3.05, 3.63) is 28.8 Å². The second-order valence-electron chi connectivity index (χ2n) is 3.89. The number of hydrogen-bond donors (Lipinski definition) is 2. The molecule has 2 N–H and O–H groups in total. The molecule has 0 radical (unpaired) electrons. The van der Waals surface area contributed by atoms with Crippen molar-refractivity contribution in [2.24, 2.45) is 0 Å². The van der Waals surface area contributed by atoms with Crippen molar-refractivity contribution < 1.29 is 15.0 Å². The maximum atomic E-state index is 10.7. The third-order valence-electron chi connectivity index (χ3n) is 2.32. The average Bonchev–Trinajstić information content (AvgIpc) is 2.23. The normalized spacial score (nSPS) is 10.8. The van der Waals surface area contributed by atoms with Crippen LogP contribution >= 0.6 is 11.6 Å². The van der Waals surface area contributed by atoms with Crippen LogP contribution in [0.25, 0.3) is 0 Å². The SMILES string of the molecule is CCCN(CC(=O)O)Cc1ccc(O)c(Cl)c1. The van der Waals surface area contributed by atoms with Crippen LogP contribution in [-0.2, 0) is 11.3 Å². The molecule has 0 aliphatic carbocycles. The number of aliphatic carboxylic acids is 1. The summed E-state index contributed by atoms with van der Waals surface area (Å²) in [6, 6.07) is 4.91. The number of rotatable bonds is 6. The molecule has 0 bridgehead atoms. The van der Waals surface area contributed by atoms with E-state index in [4.69, 9.17) is 16.7 Å². The van der Waals surface area contributed by atoms with Crippen LogP contribution in [0.2, 0.25) is 5.02 Å². The Morgan fingerprint density at radius 2 is 2.18 bits per heavy atom. The van der Waals surface area contributed by atoms with Gasteiger partial charge in [0.2, 0.25) is 0 Å². The summed E-state index contributed by atoms with van der Waals surface area (Å²) < 4.78 is 0. The van der Waals surface area contributed by atoms with Crippen molar-refractivity contribution in [1.82, 2.24) is 4.90 Å². The molecule has 0 amide bonds. The second-order valence-corrected chi connectivity index (χ2v) is 4.30. The minimum Gasteiger partial charge on any atom is -0.506 e. The van der Waals surface area contributed by atoms with Crippen LogP contribution in [0, 0.1) is 0 Å². The molecular weight excluding hydrogens is 242 g/mol. The molecule has 0 fully saturated rings. The minimum absolute atomic E-state index is 0.00629. The highest BCUT2D eigenvalue weighted by Crippen LogP contribution is 2.24. The maximum absolute atomic E-state index is 10.7. The zero-order chi connectivity index (χ0) is 12.8.